The minimum absolute atomic E-state index is 0.124. The average molecular weight is 352 g/mol. The third kappa shape index (κ3) is 3.80. The third-order valence-electron chi connectivity index (χ3n) is 4.38. The molecule has 2 fully saturated rings. The highest BCUT2D eigenvalue weighted by molar-refractivity contribution is 14.1. The average Bonchev–Trinajstić information content (AvgIpc) is 2.40. The Bertz CT molecular complexity index is 226. The Labute approximate surface area is 119 Å². The highest BCUT2D eigenvalue weighted by Gasteiger charge is 2.36. The minimum atomic E-state index is 0.124. The van der Waals surface area contributed by atoms with Gasteiger partial charge >= 0.3 is 0 Å². The standard InChI is InChI=1S/C14H25IO2/c1-2-12-4-3-5-13(10-12)17-14(11-15)6-8-16-9-7-14/h12-13H,2-11H2,1H3. The maximum absolute atomic E-state index is 6.51. The molecule has 0 aromatic rings. The van der Waals surface area contributed by atoms with Gasteiger partial charge in [0.2, 0.25) is 0 Å². The molecule has 1 aliphatic heterocycles. The first-order valence-corrected chi connectivity index (χ1v) is 8.62. The van der Waals surface area contributed by atoms with Crippen LogP contribution in [0.1, 0.15) is 51.9 Å². The van der Waals surface area contributed by atoms with E-state index in [2.05, 4.69) is 29.5 Å². The van der Waals surface area contributed by atoms with Gasteiger partial charge in [-0.2, -0.15) is 0 Å². The minimum Gasteiger partial charge on any atom is -0.381 e. The molecule has 2 unspecified atom stereocenters. The Hall–Kier alpha value is 0.650. The Morgan fingerprint density at radius 3 is 2.71 bits per heavy atom. The predicted octanol–water partition coefficient (Wildman–Crippen LogP) is 3.96. The van der Waals surface area contributed by atoms with Crippen molar-refractivity contribution in [1.82, 2.24) is 0 Å². The highest BCUT2D eigenvalue weighted by atomic mass is 127. The van der Waals surface area contributed by atoms with Crippen LogP contribution >= 0.6 is 22.6 Å². The zero-order valence-corrected chi connectivity index (χ0v) is 13.1. The fourth-order valence-electron chi connectivity index (χ4n) is 3.10. The van der Waals surface area contributed by atoms with E-state index in [9.17, 15) is 0 Å². The van der Waals surface area contributed by atoms with Crippen molar-refractivity contribution in [3.63, 3.8) is 0 Å². The molecule has 0 amide bonds. The summed E-state index contributed by atoms with van der Waals surface area (Å²) in [6, 6.07) is 0. The van der Waals surface area contributed by atoms with Crippen molar-refractivity contribution in [1.29, 1.82) is 0 Å². The Morgan fingerprint density at radius 1 is 1.29 bits per heavy atom. The number of alkyl halides is 1. The summed E-state index contributed by atoms with van der Waals surface area (Å²) in [5.41, 5.74) is 0.124. The quantitative estimate of drug-likeness (QED) is 0.563. The number of halogens is 1. The van der Waals surface area contributed by atoms with E-state index in [1.165, 1.54) is 32.1 Å². The van der Waals surface area contributed by atoms with E-state index in [0.29, 0.717) is 6.10 Å². The molecule has 0 radical (unpaired) electrons. The second-order valence-corrected chi connectivity index (χ2v) is 6.37. The van der Waals surface area contributed by atoms with Crippen LogP contribution in [0.3, 0.4) is 0 Å². The first-order valence-electron chi connectivity index (χ1n) is 7.09. The van der Waals surface area contributed by atoms with Gasteiger partial charge in [-0.1, -0.05) is 48.8 Å². The van der Waals surface area contributed by atoms with Gasteiger partial charge < -0.3 is 9.47 Å². The molecule has 0 spiro atoms. The van der Waals surface area contributed by atoms with Gasteiger partial charge in [-0.05, 0) is 18.8 Å². The topological polar surface area (TPSA) is 18.5 Å². The summed E-state index contributed by atoms with van der Waals surface area (Å²) < 4.78 is 13.1. The molecule has 17 heavy (non-hydrogen) atoms. The summed E-state index contributed by atoms with van der Waals surface area (Å²) in [7, 11) is 0. The second kappa shape index (κ2) is 6.71. The van der Waals surface area contributed by atoms with Crippen molar-refractivity contribution in [3.05, 3.63) is 0 Å². The lowest BCUT2D eigenvalue weighted by atomic mass is 9.85. The van der Waals surface area contributed by atoms with Gasteiger partial charge in [0.1, 0.15) is 0 Å². The van der Waals surface area contributed by atoms with Gasteiger partial charge in [-0.25, -0.2) is 0 Å². The van der Waals surface area contributed by atoms with E-state index in [0.717, 1.165) is 36.4 Å². The normalized spacial score (nSPS) is 33.5. The molecule has 0 N–H and O–H groups in total. The van der Waals surface area contributed by atoms with E-state index >= 15 is 0 Å². The summed E-state index contributed by atoms with van der Waals surface area (Å²) in [6.07, 6.45) is 9.34. The van der Waals surface area contributed by atoms with Crippen LogP contribution < -0.4 is 0 Å². The monoisotopic (exact) mass is 352 g/mol. The van der Waals surface area contributed by atoms with Crippen molar-refractivity contribution in [2.45, 2.75) is 63.6 Å². The van der Waals surface area contributed by atoms with Gasteiger partial charge in [0, 0.05) is 30.5 Å². The smallest absolute Gasteiger partial charge is 0.0819 e. The zero-order chi connectivity index (χ0) is 12.1. The SMILES string of the molecule is CCC1CCCC(OC2(CI)CCOCC2)C1. The summed E-state index contributed by atoms with van der Waals surface area (Å²) in [6.45, 7) is 4.08. The fraction of sp³-hybridized carbons (Fsp3) is 1.00. The number of hydrogen-bond donors (Lipinski definition) is 0. The molecule has 0 aromatic heterocycles. The number of ether oxygens (including phenoxy) is 2. The van der Waals surface area contributed by atoms with Gasteiger partial charge in [-0.15, -0.1) is 0 Å². The zero-order valence-electron chi connectivity index (χ0n) is 10.9. The number of rotatable bonds is 4. The molecular formula is C14H25IO2. The van der Waals surface area contributed by atoms with Crippen LogP contribution in [0.4, 0.5) is 0 Å². The molecule has 0 bridgehead atoms. The predicted molar refractivity (Wildman–Crippen MR) is 78.8 cm³/mol. The van der Waals surface area contributed by atoms with Crippen molar-refractivity contribution in [2.75, 3.05) is 17.6 Å². The van der Waals surface area contributed by atoms with Gasteiger partial charge in [-0.3, -0.25) is 0 Å². The lowest BCUT2D eigenvalue weighted by Gasteiger charge is -2.41. The summed E-state index contributed by atoms with van der Waals surface area (Å²) >= 11 is 2.49. The summed E-state index contributed by atoms with van der Waals surface area (Å²) in [5.74, 6) is 0.903. The van der Waals surface area contributed by atoms with Crippen LogP contribution in [-0.4, -0.2) is 29.3 Å². The Morgan fingerprint density at radius 2 is 2.06 bits per heavy atom. The maximum Gasteiger partial charge on any atom is 0.0819 e. The fourth-order valence-corrected chi connectivity index (χ4v) is 4.04. The first-order chi connectivity index (χ1) is 8.28. The molecule has 2 rings (SSSR count). The molecule has 1 aliphatic carbocycles. The summed E-state index contributed by atoms with van der Waals surface area (Å²) in [5, 5.41) is 0. The van der Waals surface area contributed by atoms with Gasteiger partial charge in [0.15, 0.2) is 0 Å². The molecular weight excluding hydrogens is 327 g/mol. The van der Waals surface area contributed by atoms with Crippen molar-refractivity contribution in [2.24, 2.45) is 5.92 Å². The van der Waals surface area contributed by atoms with Gasteiger partial charge in [0.05, 0.1) is 11.7 Å². The van der Waals surface area contributed by atoms with E-state index < -0.39 is 0 Å². The summed E-state index contributed by atoms with van der Waals surface area (Å²) in [4.78, 5) is 0. The second-order valence-electron chi connectivity index (χ2n) is 5.61. The van der Waals surface area contributed by atoms with Crippen LogP contribution in [0.25, 0.3) is 0 Å². The van der Waals surface area contributed by atoms with Crippen LogP contribution in [0.15, 0.2) is 0 Å². The van der Waals surface area contributed by atoms with Gasteiger partial charge in [0.25, 0.3) is 0 Å². The van der Waals surface area contributed by atoms with Crippen LogP contribution in [-0.2, 0) is 9.47 Å². The third-order valence-corrected chi connectivity index (χ3v) is 5.77. The van der Waals surface area contributed by atoms with Crippen LogP contribution in [0.5, 0.6) is 0 Å². The Balaban J connectivity index is 1.88. The van der Waals surface area contributed by atoms with Crippen molar-refractivity contribution < 1.29 is 9.47 Å². The van der Waals surface area contributed by atoms with E-state index in [1.54, 1.807) is 0 Å². The van der Waals surface area contributed by atoms with Crippen molar-refractivity contribution >= 4 is 22.6 Å². The van der Waals surface area contributed by atoms with Crippen LogP contribution in [0.2, 0.25) is 0 Å². The molecule has 100 valence electrons. The van der Waals surface area contributed by atoms with Crippen molar-refractivity contribution in [3.8, 4) is 0 Å². The van der Waals surface area contributed by atoms with E-state index in [4.69, 9.17) is 9.47 Å². The van der Waals surface area contributed by atoms with E-state index in [-0.39, 0.29) is 5.60 Å². The molecule has 2 nitrogen and oxygen atoms in total. The molecule has 3 heteroatoms. The lowest BCUT2D eigenvalue weighted by Crippen LogP contribution is -2.44. The maximum atomic E-state index is 6.51. The molecule has 1 heterocycles. The molecule has 2 aliphatic rings. The number of hydrogen-bond acceptors (Lipinski definition) is 2. The molecule has 2 atom stereocenters. The highest BCUT2D eigenvalue weighted by Crippen LogP contribution is 2.35. The first kappa shape index (κ1) is 14.1. The molecule has 0 aromatic carbocycles. The van der Waals surface area contributed by atoms with Crippen LogP contribution in [0, 0.1) is 5.92 Å². The Kier molecular flexibility index (Phi) is 5.55. The molecule has 1 saturated heterocycles. The molecule has 1 saturated carbocycles. The lowest BCUT2D eigenvalue weighted by molar-refractivity contribution is -0.140. The largest absolute Gasteiger partial charge is 0.381 e. The van der Waals surface area contributed by atoms with E-state index in [1.807, 2.05) is 0 Å².